The van der Waals surface area contributed by atoms with Crippen molar-refractivity contribution in [1.29, 1.82) is 0 Å². The van der Waals surface area contributed by atoms with Crippen LogP contribution < -0.4 is 5.73 Å². The number of esters is 1. The Morgan fingerprint density at radius 3 is 2.71 bits per heavy atom. The van der Waals surface area contributed by atoms with E-state index in [1.807, 2.05) is 0 Å². The van der Waals surface area contributed by atoms with E-state index >= 15 is 0 Å². The molecule has 0 aliphatic carbocycles. The number of rotatable bonds is 2. The molecule has 2 rings (SSSR count). The van der Waals surface area contributed by atoms with Crippen LogP contribution in [0.3, 0.4) is 0 Å². The molecule has 1 aliphatic heterocycles. The van der Waals surface area contributed by atoms with Crippen LogP contribution in [-0.4, -0.2) is 43.5 Å². The summed E-state index contributed by atoms with van der Waals surface area (Å²) in [7, 11) is 1.37. The Labute approximate surface area is 124 Å². The van der Waals surface area contributed by atoms with Gasteiger partial charge in [-0.15, -0.1) is 0 Å². The number of amides is 1. The van der Waals surface area contributed by atoms with Crippen LogP contribution in [0.1, 0.15) is 22.3 Å². The quantitative estimate of drug-likeness (QED) is 0.639. The number of hydrogen-bond donors (Lipinski definition) is 1. The fourth-order valence-electron chi connectivity index (χ4n) is 2.34. The molecule has 1 unspecified atom stereocenters. The van der Waals surface area contributed by atoms with Crippen molar-refractivity contribution in [2.24, 2.45) is 11.7 Å². The molecule has 5 nitrogen and oxygen atoms in total. The van der Waals surface area contributed by atoms with Crippen molar-refractivity contribution in [3.05, 3.63) is 35.4 Å². The molecule has 0 radical (unpaired) electrons. The second-order valence-electron chi connectivity index (χ2n) is 4.84. The highest BCUT2D eigenvalue weighted by atomic mass is 16.5. The summed E-state index contributed by atoms with van der Waals surface area (Å²) in [5.74, 6) is 5.14. The van der Waals surface area contributed by atoms with E-state index in [2.05, 4.69) is 11.8 Å². The highest BCUT2D eigenvalue weighted by Crippen LogP contribution is 2.20. The summed E-state index contributed by atoms with van der Waals surface area (Å²) in [6.07, 6.45) is 0.651. The summed E-state index contributed by atoms with van der Waals surface area (Å²) in [4.78, 5) is 25.5. The minimum atomic E-state index is -0.252. The van der Waals surface area contributed by atoms with Gasteiger partial charge in [0.25, 0.3) is 5.91 Å². The van der Waals surface area contributed by atoms with Gasteiger partial charge < -0.3 is 15.4 Å². The molecule has 1 atom stereocenters. The largest absolute Gasteiger partial charge is 0.469 e. The fraction of sp³-hybridized carbons (Fsp3) is 0.375. The molecule has 110 valence electrons. The average Bonchev–Trinajstić information content (AvgIpc) is 3.02. The molecule has 1 aromatic rings. The highest BCUT2D eigenvalue weighted by molar-refractivity contribution is 5.95. The Morgan fingerprint density at radius 1 is 1.38 bits per heavy atom. The lowest BCUT2D eigenvalue weighted by atomic mass is 10.1. The molecule has 1 fully saturated rings. The monoisotopic (exact) mass is 286 g/mol. The van der Waals surface area contributed by atoms with Crippen molar-refractivity contribution < 1.29 is 14.3 Å². The SMILES string of the molecule is COC(=O)C1CCN(C(=O)c2ccc(C#CCN)cc2)C1. The maximum absolute atomic E-state index is 12.3. The third kappa shape index (κ3) is 3.61. The zero-order valence-corrected chi connectivity index (χ0v) is 12.0. The Bertz CT molecular complexity index is 584. The first-order chi connectivity index (χ1) is 10.2. The van der Waals surface area contributed by atoms with Crippen LogP contribution >= 0.6 is 0 Å². The smallest absolute Gasteiger partial charge is 0.310 e. The lowest BCUT2D eigenvalue weighted by Gasteiger charge is -2.16. The van der Waals surface area contributed by atoms with Crippen LogP contribution in [0, 0.1) is 17.8 Å². The number of ether oxygens (including phenoxy) is 1. The topological polar surface area (TPSA) is 72.6 Å². The Kier molecular flexibility index (Phi) is 4.96. The molecule has 1 amide bonds. The van der Waals surface area contributed by atoms with E-state index in [9.17, 15) is 9.59 Å². The molecule has 1 heterocycles. The van der Waals surface area contributed by atoms with Gasteiger partial charge in [-0.3, -0.25) is 9.59 Å². The third-order valence-electron chi connectivity index (χ3n) is 3.48. The fourth-order valence-corrected chi connectivity index (χ4v) is 2.34. The maximum Gasteiger partial charge on any atom is 0.310 e. The van der Waals surface area contributed by atoms with Gasteiger partial charge in [0.2, 0.25) is 0 Å². The second kappa shape index (κ2) is 6.91. The van der Waals surface area contributed by atoms with Gasteiger partial charge in [-0.1, -0.05) is 11.8 Å². The summed E-state index contributed by atoms with van der Waals surface area (Å²) in [5, 5.41) is 0. The van der Waals surface area contributed by atoms with Crippen LogP contribution in [-0.2, 0) is 9.53 Å². The molecule has 1 aliphatic rings. The van der Waals surface area contributed by atoms with Gasteiger partial charge in [0.15, 0.2) is 0 Å². The molecule has 0 spiro atoms. The number of carbonyl (C=O) groups is 2. The number of likely N-dealkylation sites (tertiary alicyclic amines) is 1. The van der Waals surface area contributed by atoms with E-state index in [4.69, 9.17) is 10.5 Å². The van der Waals surface area contributed by atoms with Gasteiger partial charge in [-0.05, 0) is 30.7 Å². The Balaban J connectivity index is 2.02. The van der Waals surface area contributed by atoms with Gasteiger partial charge in [-0.2, -0.15) is 0 Å². The van der Waals surface area contributed by atoms with Crippen LogP contribution in [0.25, 0.3) is 0 Å². The molecule has 0 aromatic heterocycles. The Morgan fingerprint density at radius 2 is 2.10 bits per heavy atom. The van der Waals surface area contributed by atoms with Crippen LogP contribution in [0.4, 0.5) is 0 Å². The van der Waals surface area contributed by atoms with Gasteiger partial charge in [0, 0.05) is 24.2 Å². The standard InChI is InChI=1S/C16H18N2O3/c1-21-16(20)14-8-10-18(11-14)15(19)13-6-4-12(5-7-13)3-2-9-17/h4-7,14H,8-11,17H2,1H3. The normalized spacial score (nSPS) is 17.0. The molecule has 2 N–H and O–H groups in total. The molecule has 1 saturated heterocycles. The van der Waals surface area contributed by atoms with E-state index in [0.29, 0.717) is 31.6 Å². The van der Waals surface area contributed by atoms with Gasteiger partial charge in [-0.25, -0.2) is 0 Å². The van der Waals surface area contributed by atoms with Crippen molar-refractivity contribution in [2.45, 2.75) is 6.42 Å². The van der Waals surface area contributed by atoms with Crippen molar-refractivity contribution in [1.82, 2.24) is 4.90 Å². The van der Waals surface area contributed by atoms with Crippen molar-refractivity contribution >= 4 is 11.9 Å². The summed E-state index contributed by atoms with van der Waals surface area (Å²) in [5.41, 5.74) is 6.73. The average molecular weight is 286 g/mol. The van der Waals surface area contributed by atoms with Gasteiger partial charge >= 0.3 is 5.97 Å². The van der Waals surface area contributed by atoms with Crippen molar-refractivity contribution in [3.63, 3.8) is 0 Å². The first-order valence-electron chi connectivity index (χ1n) is 6.82. The highest BCUT2D eigenvalue weighted by Gasteiger charge is 2.31. The van der Waals surface area contributed by atoms with E-state index in [0.717, 1.165) is 5.56 Å². The predicted octanol–water partition coefficient (Wildman–Crippen LogP) is 0.632. The number of methoxy groups -OCH3 is 1. The van der Waals surface area contributed by atoms with E-state index in [1.54, 1.807) is 29.2 Å². The molecule has 0 bridgehead atoms. The second-order valence-corrected chi connectivity index (χ2v) is 4.84. The molecular formula is C16H18N2O3. The maximum atomic E-state index is 12.3. The molecular weight excluding hydrogens is 268 g/mol. The summed E-state index contributed by atoms with van der Waals surface area (Å²) >= 11 is 0. The summed E-state index contributed by atoms with van der Waals surface area (Å²) in [6.45, 7) is 1.30. The number of hydrogen-bond acceptors (Lipinski definition) is 4. The van der Waals surface area contributed by atoms with Gasteiger partial charge in [0.1, 0.15) is 0 Å². The van der Waals surface area contributed by atoms with E-state index in [-0.39, 0.29) is 17.8 Å². The first kappa shape index (κ1) is 15.1. The Hall–Kier alpha value is -2.32. The minimum Gasteiger partial charge on any atom is -0.469 e. The number of nitrogens with zero attached hydrogens (tertiary/aromatic N) is 1. The number of benzene rings is 1. The zero-order valence-electron chi connectivity index (χ0n) is 12.0. The van der Waals surface area contributed by atoms with Crippen LogP contribution in [0.5, 0.6) is 0 Å². The molecule has 21 heavy (non-hydrogen) atoms. The first-order valence-corrected chi connectivity index (χ1v) is 6.82. The lowest BCUT2D eigenvalue weighted by Crippen LogP contribution is -2.30. The molecule has 0 saturated carbocycles. The summed E-state index contributed by atoms with van der Waals surface area (Å²) in [6, 6.07) is 7.08. The lowest BCUT2D eigenvalue weighted by molar-refractivity contribution is -0.144. The van der Waals surface area contributed by atoms with Crippen LogP contribution in [0.2, 0.25) is 0 Å². The molecule has 5 heteroatoms. The number of nitrogens with two attached hydrogens (primary N) is 1. The van der Waals surface area contributed by atoms with E-state index in [1.165, 1.54) is 7.11 Å². The van der Waals surface area contributed by atoms with Gasteiger partial charge in [0.05, 0.1) is 19.6 Å². The molecule has 1 aromatic carbocycles. The zero-order chi connectivity index (χ0) is 15.2. The summed E-state index contributed by atoms with van der Waals surface area (Å²) < 4.78 is 4.72. The minimum absolute atomic E-state index is 0.0697. The predicted molar refractivity (Wildman–Crippen MR) is 78.4 cm³/mol. The third-order valence-corrected chi connectivity index (χ3v) is 3.48. The van der Waals surface area contributed by atoms with E-state index < -0.39 is 0 Å². The van der Waals surface area contributed by atoms with Crippen molar-refractivity contribution in [3.8, 4) is 11.8 Å². The van der Waals surface area contributed by atoms with Crippen molar-refractivity contribution in [2.75, 3.05) is 26.7 Å². The number of carbonyl (C=O) groups excluding carboxylic acids is 2. The van der Waals surface area contributed by atoms with Crippen LogP contribution in [0.15, 0.2) is 24.3 Å².